The van der Waals surface area contributed by atoms with Gasteiger partial charge in [0.15, 0.2) is 10.4 Å². The number of amides is 1. The van der Waals surface area contributed by atoms with E-state index in [1.165, 1.54) is 4.90 Å². The highest BCUT2D eigenvalue weighted by atomic mass is 79.9. The Kier molecular flexibility index (Phi) is 3.94. The molecule has 7 heteroatoms. The lowest BCUT2D eigenvalue weighted by atomic mass is 10.3. The topological polar surface area (TPSA) is 77.3 Å². The van der Waals surface area contributed by atoms with Crippen LogP contribution in [0.4, 0.5) is 5.69 Å². The highest BCUT2D eigenvalue weighted by Gasteiger charge is 2.19. The zero-order chi connectivity index (χ0) is 14.0. The van der Waals surface area contributed by atoms with Gasteiger partial charge in [0.2, 0.25) is 0 Å². The van der Waals surface area contributed by atoms with Crippen molar-refractivity contribution in [3.8, 4) is 0 Å². The Bertz CT molecular complexity index is 590. The van der Waals surface area contributed by atoms with Crippen LogP contribution in [0.2, 0.25) is 0 Å². The van der Waals surface area contributed by atoms with E-state index in [2.05, 4.69) is 21.0 Å². The van der Waals surface area contributed by atoms with Crippen LogP contribution in [0, 0.1) is 0 Å². The Morgan fingerprint density at radius 1 is 1.58 bits per heavy atom. The molecular formula is C12H15BrN4O2. The van der Waals surface area contributed by atoms with Crippen molar-refractivity contribution >= 4 is 27.5 Å². The fourth-order valence-electron chi connectivity index (χ4n) is 1.69. The first-order chi connectivity index (χ1) is 9.01. The Balaban J connectivity index is 2.12. The molecule has 0 aliphatic rings. The zero-order valence-corrected chi connectivity index (χ0v) is 12.3. The van der Waals surface area contributed by atoms with Crippen LogP contribution in [0.15, 0.2) is 27.4 Å². The summed E-state index contributed by atoms with van der Waals surface area (Å²) in [6.07, 6.45) is 1.66. The predicted octanol–water partition coefficient (Wildman–Crippen LogP) is 2.11. The molecule has 0 aliphatic heterocycles. The third-order valence-corrected chi connectivity index (χ3v) is 3.11. The normalized spacial score (nSPS) is 10.7. The summed E-state index contributed by atoms with van der Waals surface area (Å²) in [4.78, 5) is 13.7. The van der Waals surface area contributed by atoms with Crippen molar-refractivity contribution in [2.75, 3.05) is 12.8 Å². The highest BCUT2D eigenvalue weighted by molar-refractivity contribution is 9.10. The standard InChI is InChI=1S/C12H15BrN4O2/c1-3-17-7-9(14)11(15-17)12(18)16(2)6-8-4-5-10(13)19-8/h4-5,7H,3,6,14H2,1-2H3. The second kappa shape index (κ2) is 5.48. The van der Waals surface area contributed by atoms with Gasteiger partial charge in [-0.1, -0.05) is 0 Å². The van der Waals surface area contributed by atoms with Gasteiger partial charge in [-0.3, -0.25) is 9.48 Å². The summed E-state index contributed by atoms with van der Waals surface area (Å²) in [6, 6.07) is 3.59. The summed E-state index contributed by atoms with van der Waals surface area (Å²) in [7, 11) is 1.68. The number of hydrogen-bond donors (Lipinski definition) is 1. The van der Waals surface area contributed by atoms with Crippen molar-refractivity contribution in [1.82, 2.24) is 14.7 Å². The molecule has 2 aromatic heterocycles. The lowest BCUT2D eigenvalue weighted by Gasteiger charge is -2.14. The van der Waals surface area contributed by atoms with Crippen molar-refractivity contribution in [2.45, 2.75) is 20.0 Å². The number of nitrogen functional groups attached to an aromatic ring is 1. The number of aryl methyl sites for hydroxylation is 1. The number of hydrogen-bond acceptors (Lipinski definition) is 4. The van der Waals surface area contributed by atoms with E-state index in [0.717, 1.165) is 0 Å². The van der Waals surface area contributed by atoms with E-state index in [4.69, 9.17) is 10.2 Å². The van der Waals surface area contributed by atoms with Crippen LogP contribution in [0.1, 0.15) is 23.2 Å². The second-order valence-corrected chi connectivity index (χ2v) is 4.94. The Morgan fingerprint density at radius 2 is 2.32 bits per heavy atom. The van der Waals surface area contributed by atoms with Crippen molar-refractivity contribution < 1.29 is 9.21 Å². The molecule has 0 saturated carbocycles. The van der Waals surface area contributed by atoms with Gasteiger partial charge in [0.25, 0.3) is 5.91 Å². The average molecular weight is 327 g/mol. The quantitative estimate of drug-likeness (QED) is 0.933. The van der Waals surface area contributed by atoms with E-state index in [9.17, 15) is 4.79 Å². The third-order valence-electron chi connectivity index (χ3n) is 2.69. The molecule has 0 aromatic carbocycles. The maximum atomic E-state index is 12.2. The number of anilines is 1. The largest absolute Gasteiger partial charge is 0.452 e. The van der Waals surface area contributed by atoms with Crippen molar-refractivity contribution in [2.24, 2.45) is 0 Å². The van der Waals surface area contributed by atoms with Crippen LogP contribution in [-0.4, -0.2) is 27.6 Å². The van der Waals surface area contributed by atoms with E-state index in [1.807, 2.05) is 13.0 Å². The SMILES string of the molecule is CCn1cc(N)c(C(=O)N(C)Cc2ccc(Br)o2)n1. The van der Waals surface area contributed by atoms with E-state index in [0.29, 0.717) is 29.2 Å². The summed E-state index contributed by atoms with van der Waals surface area (Å²) in [6.45, 7) is 2.97. The van der Waals surface area contributed by atoms with Gasteiger partial charge in [0.05, 0.1) is 12.2 Å². The van der Waals surface area contributed by atoms with Gasteiger partial charge in [0, 0.05) is 19.8 Å². The number of carbonyl (C=O) groups excluding carboxylic acids is 1. The van der Waals surface area contributed by atoms with Crippen molar-refractivity contribution in [3.63, 3.8) is 0 Å². The molecule has 2 rings (SSSR count). The summed E-state index contributed by atoms with van der Waals surface area (Å²) >= 11 is 3.22. The number of nitrogens with two attached hydrogens (primary N) is 1. The molecule has 0 saturated heterocycles. The molecule has 0 atom stereocenters. The van der Waals surface area contributed by atoms with E-state index in [-0.39, 0.29) is 11.6 Å². The van der Waals surface area contributed by atoms with E-state index < -0.39 is 0 Å². The molecular weight excluding hydrogens is 312 g/mol. The highest BCUT2D eigenvalue weighted by Crippen LogP contribution is 2.17. The number of aromatic nitrogens is 2. The van der Waals surface area contributed by atoms with E-state index in [1.54, 1.807) is 24.0 Å². The minimum atomic E-state index is -0.225. The van der Waals surface area contributed by atoms with E-state index >= 15 is 0 Å². The van der Waals surface area contributed by atoms with Gasteiger partial charge < -0.3 is 15.1 Å². The van der Waals surface area contributed by atoms with Gasteiger partial charge >= 0.3 is 0 Å². The molecule has 6 nitrogen and oxygen atoms in total. The summed E-state index contributed by atoms with van der Waals surface area (Å²) in [5, 5.41) is 4.16. The average Bonchev–Trinajstić information content (AvgIpc) is 2.94. The number of halogens is 1. The monoisotopic (exact) mass is 326 g/mol. The summed E-state index contributed by atoms with van der Waals surface area (Å²) < 4.78 is 7.64. The first kappa shape index (κ1) is 13.7. The van der Waals surface area contributed by atoms with Crippen LogP contribution in [0.5, 0.6) is 0 Å². The van der Waals surface area contributed by atoms with Crippen LogP contribution in [0.25, 0.3) is 0 Å². The minimum Gasteiger partial charge on any atom is -0.452 e. The smallest absolute Gasteiger partial charge is 0.276 e. The molecule has 0 aliphatic carbocycles. The number of carbonyl (C=O) groups is 1. The van der Waals surface area contributed by atoms with Crippen molar-refractivity contribution in [1.29, 1.82) is 0 Å². The maximum Gasteiger partial charge on any atom is 0.276 e. The molecule has 19 heavy (non-hydrogen) atoms. The summed E-state index contributed by atoms with van der Waals surface area (Å²) in [5.41, 5.74) is 6.45. The van der Waals surface area contributed by atoms with Gasteiger partial charge in [0.1, 0.15) is 5.76 Å². The first-order valence-corrected chi connectivity index (χ1v) is 6.63. The zero-order valence-electron chi connectivity index (χ0n) is 10.8. The lowest BCUT2D eigenvalue weighted by Crippen LogP contribution is -2.27. The molecule has 0 radical (unpaired) electrons. The fourth-order valence-corrected chi connectivity index (χ4v) is 2.03. The fraction of sp³-hybridized carbons (Fsp3) is 0.333. The Morgan fingerprint density at radius 3 is 2.84 bits per heavy atom. The van der Waals surface area contributed by atoms with Crippen LogP contribution < -0.4 is 5.73 Å². The maximum absolute atomic E-state index is 12.2. The molecule has 0 bridgehead atoms. The minimum absolute atomic E-state index is 0.225. The molecule has 1 amide bonds. The van der Waals surface area contributed by atoms with Gasteiger partial charge in [-0.2, -0.15) is 5.10 Å². The Labute approximate surface area is 119 Å². The van der Waals surface area contributed by atoms with Gasteiger partial charge in [-0.05, 0) is 35.0 Å². The first-order valence-electron chi connectivity index (χ1n) is 5.84. The molecule has 2 aromatic rings. The molecule has 2 N–H and O–H groups in total. The van der Waals surface area contributed by atoms with Crippen molar-refractivity contribution in [3.05, 3.63) is 34.5 Å². The third kappa shape index (κ3) is 2.98. The lowest BCUT2D eigenvalue weighted by molar-refractivity contribution is 0.0769. The van der Waals surface area contributed by atoms with Crippen LogP contribution in [-0.2, 0) is 13.1 Å². The molecule has 0 unspecified atom stereocenters. The molecule has 0 spiro atoms. The molecule has 0 fully saturated rings. The van der Waals surface area contributed by atoms with Gasteiger partial charge in [-0.25, -0.2) is 0 Å². The Hall–Kier alpha value is -1.76. The number of rotatable bonds is 4. The summed E-state index contributed by atoms with van der Waals surface area (Å²) in [5.74, 6) is 0.466. The molecule has 102 valence electrons. The number of furan rings is 1. The molecule has 2 heterocycles. The second-order valence-electron chi connectivity index (χ2n) is 4.16. The number of nitrogens with zero attached hydrogens (tertiary/aromatic N) is 3. The van der Waals surface area contributed by atoms with Crippen LogP contribution in [0.3, 0.4) is 0 Å². The van der Waals surface area contributed by atoms with Crippen LogP contribution >= 0.6 is 15.9 Å². The predicted molar refractivity (Wildman–Crippen MR) is 74.5 cm³/mol. The van der Waals surface area contributed by atoms with Gasteiger partial charge in [-0.15, -0.1) is 0 Å².